The van der Waals surface area contributed by atoms with Gasteiger partial charge in [0.1, 0.15) is 11.6 Å². The van der Waals surface area contributed by atoms with Crippen molar-refractivity contribution < 1.29 is 9.53 Å². The maximum atomic E-state index is 12.0. The van der Waals surface area contributed by atoms with E-state index in [0.29, 0.717) is 18.2 Å². The average molecular weight is 301 g/mol. The van der Waals surface area contributed by atoms with Crippen LogP contribution in [0.2, 0.25) is 5.02 Å². The molecular weight excluding hydrogens is 284 g/mol. The summed E-state index contributed by atoms with van der Waals surface area (Å²) in [6, 6.07) is 0.0881. The Hall–Kier alpha value is -1.60. The predicted molar refractivity (Wildman–Crippen MR) is 74.7 cm³/mol. The smallest absolute Gasteiger partial charge is 0.327 e. The van der Waals surface area contributed by atoms with E-state index in [2.05, 4.69) is 15.2 Å². The summed E-state index contributed by atoms with van der Waals surface area (Å²) in [5.41, 5.74) is 5.60. The number of methoxy groups -OCH3 is 1. The Morgan fingerprint density at radius 1 is 1.70 bits per heavy atom. The first-order chi connectivity index (χ1) is 9.56. The van der Waals surface area contributed by atoms with Crippen LogP contribution in [-0.4, -0.2) is 35.4 Å². The van der Waals surface area contributed by atoms with Gasteiger partial charge in [0.15, 0.2) is 0 Å². The summed E-state index contributed by atoms with van der Waals surface area (Å²) in [7, 11) is 1.24. The molecular formula is C12H17ClN4O3. The van der Waals surface area contributed by atoms with Crippen LogP contribution in [0.3, 0.4) is 0 Å². The van der Waals surface area contributed by atoms with Gasteiger partial charge in [0.05, 0.1) is 19.0 Å². The first kappa shape index (κ1) is 14.8. The average Bonchev–Trinajstić information content (AvgIpc) is 3.27. The molecule has 1 aromatic rings. The molecule has 110 valence electrons. The van der Waals surface area contributed by atoms with Gasteiger partial charge in [-0.25, -0.2) is 4.68 Å². The number of nitrogens with zero attached hydrogens (tertiary/aromatic N) is 2. The second-order valence-electron chi connectivity index (χ2n) is 4.74. The summed E-state index contributed by atoms with van der Waals surface area (Å²) in [5, 5.41) is 7.06. The molecule has 8 heteroatoms. The molecule has 1 saturated carbocycles. The van der Waals surface area contributed by atoms with Crippen molar-refractivity contribution in [3.63, 3.8) is 0 Å². The van der Waals surface area contributed by atoms with Gasteiger partial charge in [-0.2, -0.15) is 5.10 Å². The van der Waals surface area contributed by atoms with Crippen LogP contribution in [0.4, 0.5) is 5.69 Å². The number of anilines is 1. The highest BCUT2D eigenvalue weighted by molar-refractivity contribution is 6.32. The molecule has 0 bridgehead atoms. The number of aromatic nitrogens is 2. The fourth-order valence-electron chi connectivity index (χ4n) is 1.93. The van der Waals surface area contributed by atoms with Crippen molar-refractivity contribution in [2.24, 2.45) is 11.7 Å². The summed E-state index contributed by atoms with van der Waals surface area (Å²) in [5.74, 6) is -0.0391. The number of hydrogen-bond donors (Lipinski definition) is 2. The first-order valence-electron chi connectivity index (χ1n) is 6.35. The van der Waals surface area contributed by atoms with Crippen molar-refractivity contribution in [2.75, 3.05) is 19.0 Å². The van der Waals surface area contributed by atoms with Crippen molar-refractivity contribution in [1.29, 1.82) is 0 Å². The van der Waals surface area contributed by atoms with E-state index in [1.165, 1.54) is 13.3 Å². The Morgan fingerprint density at radius 2 is 2.40 bits per heavy atom. The van der Waals surface area contributed by atoms with Crippen molar-refractivity contribution >= 4 is 23.3 Å². The zero-order valence-corrected chi connectivity index (χ0v) is 11.9. The number of carbonyl (C=O) groups is 1. The summed E-state index contributed by atoms with van der Waals surface area (Å²) >= 11 is 6.02. The quantitative estimate of drug-likeness (QED) is 0.729. The van der Waals surface area contributed by atoms with Gasteiger partial charge in [0, 0.05) is 12.6 Å². The highest BCUT2D eigenvalue weighted by atomic mass is 35.5. The second kappa shape index (κ2) is 6.23. The van der Waals surface area contributed by atoms with Gasteiger partial charge in [-0.1, -0.05) is 11.6 Å². The Morgan fingerprint density at radius 3 is 2.95 bits per heavy atom. The van der Waals surface area contributed by atoms with Gasteiger partial charge in [0.25, 0.3) is 5.56 Å². The van der Waals surface area contributed by atoms with Gasteiger partial charge >= 0.3 is 5.97 Å². The van der Waals surface area contributed by atoms with Crippen molar-refractivity contribution in [3.8, 4) is 0 Å². The van der Waals surface area contributed by atoms with Crippen LogP contribution in [-0.2, 0) is 16.1 Å². The van der Waals surface area contributed by atoms with Crippen LogP contribution in [0.1, 0.15) is 12.8 Å². The summed E-state index contributed by atoms with van der Waals surface area (Å²) in [4.78, 5) is 23.1. The summed E-state index contributed by atoms with van der Waals surface area (Å²) < 4.78 is 5.45. The third-order valence-corrected chi connectivity index (χ3v) is 3.64. The van der Waals surface area contributed by atoms with E-state index in [4.69, 9.17) is 17.3 Å². The Labute approximate surface area is 121 Å². The van der Waals surface area contributed by atoms with Crippen molar-refractivity contribution in [1.82, 2.24) is 9.78 Å². The Bertz CT molecular complexity index is 556. The molecule has 1 atom stereocenters. The van der Waals surface area contributed by atoms with Crippen LogP contribution < -0.4 is 16.6 Å². The van der Waals surface area contributed by atoms with E-state index in [1.807, 2.05) is 0 Å². The zero-order chi connectivity index (χ0) is 14.7. The van der Waals surface area contributed by atoms with E-state index in [0.717, 1.165) is 17.5 Å². The van der Waals surface area contributed by atoms with Crippen LogP contribution >= 0.6 is 11.6 Å². The lowest BCUT2D eigenvalue weighted by atomic mass is 10.2. The maximum absolute atomic E-state index is 12.0. The zero-order valence-electron chi connectivity index (χ0n) is 11.1. The third-order valence-electron chi connectivity index (χ3n) is 3.28. The molecule has 20 heavy (non-hydrogen) atoms. The lowest BCUT2D eigenvalue weighted by Gasteiger charge is -2.18. The van der Waals surface area contributed by atoms with Crippen LogP contribution in [0.25, 0.3) is 0 Å². The highest BCUT2D eigenvalue weighted by Gasteiger charge is 2.30. The third kappa shape index (κ3) is 3.29. The number of rotatable bonds is 6. The van der Waals surface area contributed by atoms with Gasteiger partial charge in [-0.15, -0.1) is 0 Å². The molecule has 0 radical (unpaired) electrons. The van der Waals surface area contributed by atoms with Gasteiger partial charge < -0.3 is 15.8 Å². The maximum Gasteiger partial charge on any atom is 0.327 e. The van der Waals surface area contributed by atoms with Gasteiger partial charge in [-0.3, -0.25) is 9.59 Å². The molecule has 7 nitrogen and oxygen atoms in total. The Balaban J connectivity index is 2.17. The highest BCUT2D eigenvalue weighted by Crippen LogP contribution is 2.34. The fraction of sp³-hybridized carbons (Fsp3) is 0.583. The predicted octanol–water partition coefficient (Wildman–Crippen LogP) is 0.219. The molecule has 0 aromatic carbocycles. The fourth-order valence-corrected chi connectivity index (χ4v) is 2.13. The lowest BCUT2D eigenvalue weighted by Crippen LogP contribution is -2.33. The molecule has 1 unspecified atom stereocenters. The number of ether oxygens (including phenoxy) is 1. The first-order valence-corrected chi connectivity index (χ1v) is 6.73. The largest absolute Gasteiger partial charge is 0.468 e. The van der Waals surface area contributed by atoms with Crippen molar-refractivity contribution in [2.45, 2.75) is 25.4 Å². The molecule has 1 aromatic heterocycles. The van der Waals surface area contributed by atoms with Gasteiger partial charge in [0.2, 0.25) is 0 Å². The van der Waals surface area contributed by atoms with E-state index in [9.17, 15) is 9.59 Å². The van der Waals surface area contributed by atoms with Crippen molar-refractivity contribution in [3.05, 3.63) is 21.6 Å². The van der Waals surface area contributed by atoms with E-state index < -0.39 is 11.5 Å². The molecule has 0 aliphatic heterocycles. The lowest BCUT2D eigenvalue weighted by molar-refractivity contribution is -0.141. The van der Waals surface area contributed by atoms with E-state index in [-0.39, 0.29) is 17.6 Å². The number of nitrogens with one attached hydrogen (secondary N) is 1. The topological polar surface area (TPSA) is 99.2 Å². The van der Waals surface area contributed by atoms with Crippen LogP contribution in [0.5, 0.6) is 0 Å². The SMILES string of the molecule is COC(=O)Cn1ncc(NC(CN)C2CC2)c(Cl)c1=O. The van der Waals surface area contributed by atoms with E-state index in [1.54, 1.807) is 0 Å². The minimum atomic E-state index is -0.561. The number of nitrogens with two attached hydrogens (primary N) is 1. The number of esters is 1. The summed E-state index contributed by atoms with van der Waals surface area (Å²) in [6.07, 6.45) is 3.68. The molecule has 2 rings (SSSR count). The molecule has 1 aliphatic carbocycles. The Kier molecular flexibility index (Phi) is 4.61. The molecule has 0 saturated heterocycles. The second-order valence-corrected chi connectivity index (χ2v) is 5.11. The molecule has 1 fully saturated rings. The monoisotopic (exact) mass is 300 g/mol. The van der Waals surface area contributed by atoms with Crippen LogP contribution in [0.15, 0.2) is 11.0 Å². The minimum absolute atomic E-state index is 0.00278. The molecule has 0 amide bonds. The van der Waals surface area contributed by atoms with Gasteiger partial charge in [-0.05, 0) is 18.8 Å². The number of carbonyl (C=O) groups excluding carboxylic acids is 1. The van der Waals surface area contributed by atoms with Crippen LogP contribution in [0, 0.1) is 5.92 Å². The van der Waals surface area contributed by atoms with E-state index >= 15 is 0 Å². The molecule has 0 spiro atoms. The molecule has 1 aliphatic rings. The molecule has 3 N–H and O–H groups in total. The summed E-state index contributed by atoms with van der Waals surface area (Å²) in [6.45, 7) is 0.199. The standard InChI is InChI=1S/C12H17ClN4O3/c1-20-10(18)6-17-12(19)11(13)9(5-15-17)16-8(4-14)7-2-3-7/h5,7-8,16H,2-4,6,14H2,1H3. The minimum Gasteiger partial charge on any atom is -0.468 e. The molecule has 1 heterocycles. The number of hydrogen-bond acceptors (Lipinski definition) is 6. The number of halogens is 1. The normalized spacial score (nSPS) is 15.8.